The summed E-state index contributed by atoms with van der Waals surface area (Å²) < 4.78 is 11.6. The van der Waals surface area contributed by atoms with Gasteiger partial charge in [-0.05, 0) is 41.2 Å². The molecule has 114 valence electrons. The van der Waals surface area contributed by atoms with E-state index in [1.807, 2.05) is 11.8 Å². The van der Waals surface area contributed by atoms with Crippen molar-refractivity contribution in [2.24, 2.45) is 0 Å². The number of allylic oxidation sites excluding steroid dienone is 1. The van der Waals surface area contributed by atoms with Gasteiger partial charge in [-0.1, -0.05) is 47.7 Å². The van der Waals surface area contributed by atoms with Gasteiger partial charge in [0.1, 0.15) is 0 Å². The molecule has 1 aliphatic heterocycles. The molecule has 22 heavy (non-hydrogen) atoms. The van der Waals surface area contributed by atoms with Crippen LogP contribution >= 0.6 is 11.8 Å². The molecule has 0 unspecified atom stereocenters. The molecule has 4 rings (SSSR count). The Morgan fingerprint density at radius 3 is 2.41 bits per heavy atom. The average molecular weight is 312 g/mol. The van der Waals surface area contributed by atoms with Gasteiger partial charge in [0.15, 0.2) is 5.79 Å². The van der Waals surface area contributed by atoms with Gasteiger partial charge in [0.25, 0.3) is 0 Å². The molecule has 2 aromatic carbocycles. The SMILES string of the molecule is C(Sc1ccc2ccccc2c1)=C1CCC2(CC1)OCCO2. The Hall–Kier alpha value is -1.29. The minimum Gasteiger partial charge on any atom is -0.348 e. The van der Waals surface area contributed by atoms with E-state index in [4.69, 9.17) is 9.47 Å². The summed E-state index contributed by atoms with van der Waals surface area (Å²) in [6, 6.07) is 15.2. The van der Waals surface area contributed by atoms with Crippen LogP contribution < -0.4 is 0 Å². The second-order valence-corrected chi connectivity index (χ2v) is 6.95. The third-order valence-corrected chi connectivity index (χ3v) is 5.53. The monoisotopic (exact) mass is 312 g/mol. The Bertz CT molecular complexity index is 689. The molecule has 0 aromatic heterocycles. The summed E-state index contributed by atoms with van der Waals surface area (Å²) in [6.45, 7) is 1.51. The van der Waals surface area contributed by atoms with Gasteiger partial charge in [0, 0.05) is 17.7 Å². The van der Waals surface area contributed by atoms with Crippen molar-refractivity contribution in [3.8, 4) is 0 Å². The van der Waals surface area contributed by atoms with Crippen molar-refractivity contribution in [1.82, 2.24) is 0 Å². The quantitative estimate of drug-likeness (QED) is 0.716. The highest BCUT2D eigenvalue weighted by molar-refractivity contribution is 8.02. The predicted octanol–water partition coefficient (Wildman–Crippen LogP) is 5.13. The zero-order valence-corrected chi connectivity index (χ0v) is 13.4. The number of fused-ring (bicyclic) bond motifs is 1. The highest BCUT2D eigenvalue weighted by Crippen LogP contribution is 2.39. The van der Waals surface area contributed by atoms with Crippen LogP contribution in [-0.4, -0.2) is 19.0 Å². The molecule has 0 bridgehead atoms. The van der Waals surface area contributed by atoms with Crippen molar-refractivity contribution in [2.45, 2.75) is 36.4 Å². The van der Waals surface area contributed by atoms with Crippen molar-refractivity contribution in [3.05, 3.63) is 53.4 Å². The highest BCUT2D eigenvalue weighted by Gasteiger charge is 2.38. The first-order valence-corrected chi connectivity index (χ1v) is 8.82. The van der Waals surface area contributed by atoms with Crippen LogP contribution in [0, 0.1) is 0 Å². The Morgan fingerprint density at radius 2 is 1.64 bits per heavy atom. The highest BCUT2D eigenvalue weighted by atomic mass is 32.2. The van der Waals surface area contributed by atoms with Crippen LogP contribution in [0.25, 0.3) is 10.8 Å². The van der Waals surface area contributed by atoms with E-state index in [0.29, 0.717) is 0 Å². The average Bonchev–Trinajstić information content (AvgIpc) is 3.02. The van der Waals surface area contributed by atoms with E-state index in [-0.39, 0.29) is 5.79 Å². The maximum Gasteiger partial charge on any atom is 0.169 e. The number of thioether (sulfide) groups is 1. The molecule has 2 nitrogen and oxygen atoms in total. The van der Waals surface area contributed by atoms with E-state index in [1.54, 1.807) is 0 Å². The molecule has 1 saturated carbocycles. The lowest BCUT2D eigenvalue weighted by Crippen LogP contribution is -2.32. The lowest BCUT2D eigenvalue weighted by Gasteiger charge is -2.32. The lowest BCUT2D eigenvalue weighted by atomic mass is 9.91. The van der Waals surface area contributed by atoms with Gasteiger partial charge < -0.3 is 9.47 Å². The number of hydrogen-bond donors (Lipinski definition) is 0. The normalized spacial score (nSPS) is 20.6. The van der Waals surface area contributed by atoms with Crippen LogP contribution in [0.15, 0.2) is 58.3 Å². The van der Waals surface area contributed by atoms with Crippen molar-refractivity contribution in [3.63, 3.8) is 0 Å². The fraction of sp³-hybridized carbons (Fsp3) is 0.368. The van der Waals surface area contributed by atoms with Crippen molar-refractivity contribution in [2.75, 3.05) is 13.2 Å². The molecule has 1 spiro atoms. The first-order valence-electron chi connectivity index (χ1n) is 7.94. The van der Waals surface area contributed by atoms with Gasteiger partial charge in [-0.3, -0.25) is 0 Å². The summed E-state index contributed by atoms with van der Waals surface area (Å²) in [5.74, 6) is -0.259. The van der Waals surface area contributed by atoms with E-state index < -0.39 is 0 Å². The molecule has 0 amide bonds. The summed E-state index contributed by atoms with van der Waals surface area (Å²) >= 11 is 1.83. The molecule has 0 atom stereocenters. The topological polar surface area (TPSA) is 18.5 Å². The van der Waals surface area contributed by atoms with E-state index in [2.05, 4.69) is 47.9 Å². The molecule has 1 aliphatic carbocycles. The van der Waals surface area contributed by atoms with E-state index in [0.717, 1.165) is 38.9 Å². The largest absolute Gasteiger partial charge is 0.348 e. The Morgan fingerprint density at radius 1 is 0.909 bits per heavy atom. The molecule has 2 aliphatic rings. The second kappa shape index (κ2) is 6.07. The standard InChI is InChI=1S/C19H20O2S/c1-2-4-17-13-18(6-5-16(17)3-1)22-14-15-7-9-19(10-8-15)20-11-12-21-19/h1-6,13-14H,7-12H2. The zero-order valence-electron chi connectivity index (χ0n) is 12.6. The summed E-state index contributed by atoms with van der Waals surface area (Å²) in [5.41, 5.74) is 1.52. The van der Waals surface area contributed by atoms with Crippen molar-refractivity contribution >= 4 is 22.5 Å². The molecular weight excluding hydrogens is 292 g/mol. The number of benzene rings is 2. The van der Waals surface area contributed by atoms with Gasteiger partial charge in [-0.2, -0.15) is 0 Å². The van der Waals surface area contributed by atoms with E-state index in [9.17, 15) is 0 Å². The minimum atomic E-state index is -0.259. The number of rotatable bonds is 2. The smallest absolute Gasteiger partial charge is 0.169 e. The molecular formula is C19H20O2S. The first kappa shape index (κ1) is 14.3. The third-order valence-electron chi connectivity index (χ3n) is 4.55. The van der Waals surface area contributed by atoms with E-state index >= 15 is 0 Å². The Kier molecular flexibility index (Phi) is 3.95. The number of ether oxygens (including phenoxy) is 2. The van der Waals surface area contributed by atoms with E-state index in [1.165, 1.54) is 21.2 Å². The van der Waals surface area contributed by atoms with Gasteiger partial charge in [0.05, 0.1) is 13.2 Å². The third kappa shape index (κ3) is 2.94. The molecule has 3 heteroatoms. The van der Waals surface area contributed by atoms with Crippen LogP contribution in [-0.2, 0) is 9.47 Å². The summed E-state index contributed by atoms with van der Waals surface area (Å²) in [7, 11) is 0. The molecule has 2 fully saturated rings. The molecule has 1 heterocycles. The second-order valence-electron chi connectivity index (χ2n) is 6.01. The van der Waals surface area contributed by atoms with Crippen LogP contribution in [0.1, 0.15) is 25.7 Å². The molecule has 2 aromatic rings. The maximum absolute atomic E-state index is 5.78. The fourth-order valence-corrected chi connectivity index (χ4v) is 4.13. The first-order chi connectivity index (χ1) is 10.8. The minimum absolute atomic E-state index is 0.259. The zero-order chi connectivity index (χ0) is 14.8. The number of hydrogen-bond acceptors (Lipinski definition) is 3. The van der Waals surface area contributed by atoms with Crippen LogP contribution in [0.2, 0.25) is 0 Å². The predicted molar refractivity (Wildman–Crippen MR) is 91.0 cm³/mol. The summed E-state index contributed by atoms with van der Waals surface area (Å²) in [6.07, 6.45) is 4.16. The summed E-state index contributed by atoms with van der Waals surface area (Å²) in [5, 5.41) is 4.93. The molecule has 0 radical (unpaired) electrons. The van der Waals surface area contributed by atoms with Crippen LogP contribution in [0.5, 0.6) is 0 Å². The van der Waals surface area contributed by atoms with Gasteiger partial charge in [0.2, 0.25) is 0 Å². The van der Waals surface area contributed by atoms with Gasteiger partial charge >= 0.3 is 0 Å². The Labute approximate surface area is 135 Å². The Balaban J connectivity index is 1.43. The van der Waals surface area contributed by atoms with Crippen molar-refractivity contribution < 1.29 is 9.47 Å². The van der Waals surface area contributed by atoms with Crippen LogP contribution in [0.4, 0.5) is 0 Å². The van der Waals surface area contributed by atoms with Crippen LogP contribution in [0.3, 0.4) is 0 Å². The molecule has 1 saturated heterocycles. The maximum atomic E-state index is 5.78. The summed E-state index contributed by atoms with van der Waals surface area (Å²) in [4.78, 5) is 1.31. The van der Waals surface area contributed by atoms with Crippen molar-refractivity contribution in [1.29, 1.82) is 0 Å². The van der Waals surface area contributed by atoms with Gasteiger partial charge in [-0.25, -0.2) is 0 Å². The van der Waals surface area contributed by atoms with Gasteiger partial charge in [-0.15, -0.1) is 0 Å². The molecule has 0 N–H and O–H groups in total. The fourth-order valence-electron chi connectivity index (χ4n) is 3.25. The lowest BCUT2D eigenvalue weighted by molar-refractivity contribution is -0.171.